The Morgan fingerprint density at radius 1 is 1.35 bits per heavy atom. The molecule has 0 saturated heterocycles. The van der Waals surface area contributed by atoms with Gasteiger partial charge in [0.05, 0.1) is 10.6 Å². The molecule has 1 heterocycles. The van der Waals surface area contributed by atoms with Gasteiger partial charge in [-0.25, -0.2) is 4.98 Å². The third kappa shape index (κ3) is 3.37. The molecule has 0 N–H and O–H groups in total. The fraction of sp³-hybridized carbons (Fsp3) is 0.545. The van der Waals surface area contributed by atoms with Crippen LogP contribution in [-0.2, 0) is 6.18 Å². The topological polar surface area (TPSA) is 12.9 Å². The molecule has 94 valence electrons. The van der Waals surface area contributed by atoms with Crippen LogP contribution in [0.4, 0.5) is 13.2 Å². The molecular weight excluding hydrogens is 315 g/mol. The van der Waals surface area contributed by atoms with E-state index in [-0.39, 0.29) is 0 Å². The monoisotopic (exact) mass is 325 g/mol. The van der Waals surface area contributed by atoms with E-state index in [0.717, 1.165) is 23.3 Å². The van der Waals surface area contributed by atoms with Crippen molar-refractivity contribution in [1.82, 2.24) is 4.98 Å². The molecule has 0 aliphatic heterocycles. The highest BCUT2D eigenvalue weighted by molar-refractivity contribution is 9.09. The van der Waals surface area contributed by atoms with Gasteiger partial charge >= 0.3 is 6.18 Å². The third-order valence-electron chi connectivity index (χ3n) is 2.83. The number of hydrogen-bond donors (Lipinski definition) is 0. The van der Waals surface area contributed by atoms with E-state index in [2.05, 4.69) is 20.9 Å². The number of alkyl halides is 4. The number of hydrogen-bond acceptors (Lipinski definition) is 2. The van der Waals surface area contributed by atoms with Crippen LogP contribution in [0.3, 0.4) is 0 Å². The summed E-state index contributed by atoms with van der Waals surface area (Å²) in [5, 5.41) is 1.61. The molecule has 0 spiro atoms. The van der Waals surface area contributed by atoms with Crippen molar-refractivity contribution in [2.45, 2.75) is 24.0 Å². The molecule has 0 unspecified atom stereocenters. The average Bonchev–Trinajstić information content (AvgIpc) is 3.06. The van der Waals surface area contributed by atoms with Crippen LogP contribution in [0.15, 0.2) is 23.4 Å². The molecule has 6 heteroatoms. The van der Waals surface area contributed by atoms with Crippen molar-refractivity contribution < 1.29 is 13.2 Å². The fourth-order valence-electron chi connectivity index (χ4n) is 1.35. The van der Waals surface area contributed by atoms with Crippen LogP contribution < -0.4 is 0 Å². The lowest BCUT2D eigenvalue weighted by Crippen LogP contribution is -2.07. The molecular formula is C11H11BrF3NS. The minimum atomic E-state index is -4.30. The van der Waals surface area contributed by atoms with Gasteiger partial charge in [-0.3, -0.25) is 0 Å². The van der Waals surface area contributed by atoms with Crippen molar-refractivity contribution in [2.24, 2.45) is 5.41 Å². The maximum Gasteiger partial charge on any atom is 0.417 e. The molecule has 17 heavy (non-hydrogen) atoms. The molecule has 0 amide bonds. The molecule has 1 aromatic rings. The summed E-state index contributed by atoms with van der Waals surface area (Å²) < 4.78 is 36.9. The van der Waals surface area contributed by atoms with Crippen LogP contribution in [0.5, 0.6) is 0 Å². The van der Waals surface area contributed by atoms with Crippen molar-refractivity contribution in [3.63, 3.8) is 0 Å². The zero-order valence-electron chi connectivity index (χ0n) is 8.93. The zero-order valence-corrected chi connectivity index (χ0v) is 11.3. The first-order valence-electron chi connectivity index (χ1n) is 5.17. The summed E-state index contributed by atoms with van der Waals surface area (Å²) >= 11 is 4.99. The predicted octanol–water partition coefficient (Wildman–Crippen LogP) is 4.37. The molecule has 1 aliphatic carbocycles. The van der Waals surface area contributed by atoms with E-state index in [1.807, 2.05) is 0 Å². The second kappa shape index (κ2) is 4.80. The largest absolute Gasteiger partial charge is 0.417 e. The van der Waals surface area contributed by atoms with Crippen molar-refractivity contribution >= 4 is 27.7 Å². The van der Waals surface area contributed by atoms with E-state index in [0.29, 0.717) is 10.4 Å². The first kappa shape index (κ1) is 13.2. The van der Waals surface area contributed by atoms with E-state index in [9.17, 15) is 13.2 Å². The zero-order chi connectivity index (χ0) is 12.5. The molecule has 1 aromatic heterocycles. The molecule has 1 saturated carbocycles. The van der Waals surface area contributed by atoms with Crippen LogP contribution in [0.25, 0.3) is 0 Å². The van der Waals surface area contributed by atoms with E-state index < -0.39 is 11.7 Å². The first-order valence-corrected chi connectivity index (χ1v) is 7.28. The van der Waals surface area contributed by atoms with E-state index in [4.69, 9.17) is 0 Å². The lowest BCUT2D eigenvalue weighted by molar-refractivity contribution is -0.137. The number of halogens is 4. The summed E-state index contributed by atoms with van der Waals surface area (Å²) in [6.07, 6.45) is -1.03. The number of nitrogens with zero attached hydrogens (tertiary/aromatic N) is 1. The summed E-state index contributed by atoms with van der Waals surface area (Å²) in [6.45, 7) is 0. The predicted molar refractivity (Wildman–Crippen MR) is 65.4 cm³/mol. The van der Waals surface area contributed by atoms with Gasteiger partial charge in [-0.2, -0.15) is 13.2 Å². The van der Waals surface area contributed by atoms with E-state index >= 15 is 0 Å². The average molecular weight is 326 g/mol. The van der Waals surface area contributed by atoms with E-state index in [1.165, 1.54) is 30.7 Å². The summed E-state index contributed by atoms with van der Waals surface area (Å²) in [7, 11) is 0. The van der Waals surface area contributed by atoms with Gasteiger partial charge < -0.3 is 0 Å². The highest BCUT2D eigenvalue weighted by atomic mass is 79.9. The Bertz CT molecular complexity index is 387. The lowest BCUT2D eigenvalue weighted by Gasteiger charge is -2.10. The van der Waals surface area contributed by atoms with Crippen molar-refractivity contribution in [3.05, 3.63) is 23.9 Å². The van der Waals surface area contributed by atoms with Crippen LogP contribution in [-0.4, -0.2) is 16.1 Å². The summed E-state index contributed by atoms with van der Waals surface area (Å²) in [5.74, 6) is 0.913. The SMILES string of the molecule is FC(F)(F)c1ccc(SCC2(CBr)CC2)nc1. The van der Waals surface area contributed by atoms with Crippen LogP contribution >= 0.6 is 27.7 Å². The molecule has 0 radical (unpaired) electrons. The Balaban J connectivity index is 1.94. The number of rotatable bonds is 4. The van der Waals surface area contributed by atoms with Gasteiger partial charge in [-0.15, -0.1) is 11.8 Å². The van der Waals surface area contributed by atoms with Gasteiger partial charge in [0.2, 0.25) is 0 Å². The smallest absolute Gasteiger partial charge is 0.249 e. The maximum atomic E-state index is 12.3. The molecule has 2 rings (SSSR count). The summed E-state index contributed by atoms with van der Waals surface area (Å²) in [6, 6.07) is 2.53. The van der Waals surface area contributed by atoms with Gasteiger partial charge in [-0.1, -0.05) is 15.9 Å². The number of aromatic nitrogens is 1. The van der Waals surface area contributed by atoms with Gasteiger partial charge in [0.1, 0.15) is 0 Å². The maximum absolute atomic E-state index is 12.3. The van der Waals surface area contributed by atoms with Gasteiger partial charge in [0, 0.05) is 17.3 Å². The number of thioether (sulfide) groups is 1. The van der Waals surface area contributed by atoms with Gasteiger partial charge in [0.25, 0.3) is 0 Å². The van der Waals surface area contributed by atoms with E-state index in [1.54, 1.807) is 0 Å². The number of pyridine rings is 1. The molecule has 0 atom stereocenters. The Morgan fingerprint density at radius 2 is 2.06 bits per heavy atom. The highest BCUT2D eigenvalue weighted by Gasteiger charge is 2.41. The second-order valence-electron chi connectivity index (χ2n) is 4.31. The first-order chi connectivity index (χ1) is 7.95. The second-order valence-corrected chi connectivity index (χ2v) is 5.86. The molecule has 0 aromatic carbocycles. The lowest BCUT2D eigenvalue weighted by atomic mass is 10.2. The minimum absolute atomic E-state index is 0.342. The van der Waals surface area contributed by atoms with Crippen molar-refractivity contribution in [1.29, 1.82) is 0 Å². The Kier molecular flexibility index (Phi) is 3.73. The molecule has 1 aliphatic rings. The van der Waals surface area contributed by atoms with Crippen LogP contribution in [0.2, 0.25) is 0 Å². The fourth-order valence-corrected chi connectivity index (χ4v) is 3.51. The minimum Gasteiger partial charge on any atom is -0.249 e. The van der Waals surface area contributed by atoms with Crippen LogP contribution in [0, 0.1) is 5.41 Å². The molecule has 1 fully saturated rings. The Labute approximate surface area is 110 Å². The molecule has 1 nitrogen and oxygen atoms in total. The normalized spacial score (nSPS) is 18.1. The van der Waals surface area contributed by atoms with Crippen molar-refractivity contribution in [2.75, 3.05) is 11.1 Å². The van der Waals surface area contributed by atoms with Crippen molar-refractivity contribution in [3.8, 4) is 0 Å². The quantitative estimate of drug-likeness (QED) is 0.602. The standard InChI is InChI=1S/C11H11BrF3NS/c12-6-10(3-4-10)7-17-9-2-1-8(5-16-9)11(13,14)15/h1-2,5H,3-4,6-7H2. The third-order valence-corrected chi connectivity index (χ3v) is 5.31. The molecule has 0 bridgehead atoms. The Morgan fingerprint density at radius 3 is 2.47 bits per heavy atom. The van der Waals surface area contributed by atoms with Gasteiger partial charge in [0.15, 0.2) is 0 Å². The highest BCUT2D eigenvalue weighted by Crippen LogP contribution is 2.50. The summed E-state index contributed by atoms with van der Waals surface area (Å²) in [4.78, 5) is 3.84. The Hall–Kier alpha value is -0.230. The summed E-state index contributed by atoms with van der Waals surface area (Å²) in [5.41, 5.74) is -0.349. The van der Waals surface area contributed by atoms with Gasteiger partial charge in [-0.05, 0) is 30.4 Å². The van der Waals surface area contributed by atoms with Crippen LogP contribution in [0.1, 0.15) is 18.4 Å².